The first kappa shape index (κ1) is 14.5. The van der Waals surface area contributed by atoms with E-state index in [1.165, 1.54) is 10.4 Å². The first-order valence-electron chi connectivity index (χ1n) is 6.18. The zero-order valence-corrected chi connectivity index (χ0v) is 12.4. The Morgan fingerprint density at radius 1 is 1.53 bits per heavy atom. The summed E-state index contributed by atoms with van der Waals surface area (Å²) in [5.74, 6) is 0.232. The molecular weight excluding hydrogens is 282 g/mol. The van der Waals surface area contributed by atoms with Crippen molar-refractivity contribution < 1.29 is 8.42 Å². The number of nitrogens with zero attached hydrogens (tertiary/aromatic N) is 2. The van der Waals surface area contributed by atoms with Gasteiger partial charge < -0.3 is 5.73 Å². The highest BCUT2D eigenvalue weighted by molar-refractivity contribution is 7.91. The van der Waals surface area contributed by atoms with Crippen LogP contribution >= 0.6 is 11.3 Å². The van der Waals surface area contributed by atoms with Crippen LogP contribution in [0.4, 0.5) is 0 Å². The SMILES string of the molecule is CN(C1CCCC1CN)S(=O)(=O)c1ccc(C#N)s1. The summed E-state index contributed by atoms with van der Waals surface area (Å²) in [4.78, 5) is 0.411. The standard InChI is InChI=1S/C12H17N3O2S2/c1-15(11-4-2-3-9(11)7-13)19(16,17)12-6-5-10(8-14)18-12/h5-6,9,11H,2-4,7,13H2,1H3. The van der Waals surface area contributed by atoms with Crippen molar-refractivity contribution in [2.75, 3.05) is 13.6 Å². The molecule has 0 aliphatic heterocycles. The zero-order valence-electron chi connectivity index (χ0n) is 10.7. The largest absolute Gasteiger partial charge is 0.330 e. The van der Waals surface area contributed by atoms with E-state index < -0.39 is 10.0 Å². The van der Waals surface area contributed by atoms with Gasteiger partial charge in [-0.2, -0.15) is 9.57 Å². The number of hydrogen-bond acceptors (Lipinski definition) is 5. The topological polar surface area (TPSA) is 87.2 Å². The molecule has 0 radical (unpaired) electrons. The minimum atomic E-state index is -3.51. The minimum absolute atomic E-state index is 0.0253. The molecule has 5 nitrogen and oxygen atoms in total. The molecule has 0 amide bonds. The number of nitrogens with two attached hydrogens (primary N) is 1. The van der Waals surface area contributed by atoms with Gasteiger partial charge in [-0.15, -0.1) is 11.3 Å². The van der Waals surface area contributed by atoms with Gasteiger partial charge in [0.1, 0.15) is 15.2 Å². The van der Waals surface area contributed by atoms with E-state index in [0.717, 1.165) is 30.6 Å². The summed E-state index contributed by atoms with van der Waals surface area (Å²) >= 11 is 1.01. The molecule has 0 bridgehead atoms. The molecule has 1 aromatic rings. The van der Waals surface area contributed by atoms with Gasteiger partial charge in [0.25, 0.3) is 10.0 Å². The predicted octanol–water partition coefficient (Wildman–Crippen LogP) is 1.37. The third-order valence-electron chi connectivity index (χ3n) is 3.71. The summed E-state index contributed by atoms with van der Waals surface area (Å²) in [6.07, 6.45) is 2.85. The van der Waals surface area contributed by atoms with Crippen molar-refractivity contribution in [1.29, 1.82) is 5.26 Å². The first-order chi connectivity index (χ1) is 9.00. The number of rotatable bonds is 4. The predicted molar refractivity (Wildman–Crippen MR) is 74.2 cm³/mol. The maximum atomic E-state index is 12.5. The van der Waals surface area contributed by atoms with Crippen LogP contribution in [0.2, 0.25) is 0 Å². The Morgan fingerprint density at radius 3 is 2.84 bits per heavy atom. The van der Waals surface area contributed by atoms with Crippen LogP contribution < -0.4 is 5.73 Å². The minimum Gasteiger partial charge on any atom is -0.330 e. The molecule has 19 heavy (non-hydrogen) atoms. The Bertz CT molecular complexity index is 588. The van der Waals surface area contributed by atoms with Crippen LogP contribution in [0.1, 0.15) is 24.1 Å². The van der Waals surface area contributed by atoms with Crippen molar-refractivity contribution in [3.05, 3.63) is 17.0 Å². The first-order valence-corrected chi connectivity index (χ1v) is 8.44. The van der Waals surface area contributed by atoms with Gasteiger partial charge in [-0.05, 0) is 37.4 Å². The van der Waals surface area contributed by atoms with Crippen LogP contribution in [0.25, 0.3) is 0 Å². The molecule has 0 spiro atoms. The van der Waals surface area contributed by atoms with Crippen molar-refractivity contribution in [3.8, 4) is 6.07 Å². The van der Waals surface area contributed by atoms with Gasteiger partial charge in [-0.3, -0.25) is 0 Å². The molecule has 1 aliphatic carbocycles. The van der Waals surface area contributed by atoms with E-state index in [-0.39, 0.29) is 16.2 Å². The summed E-state index contributed by atoms with van der Waals surface area (Å²) < 4.78 is 26.7. The fourth-order valence-electron chi connectivity index (χ4n) is 2.61. The quantitative estimate of drug-likeness (QED) is 0.909. The van der Waals surface area contributed by atoms with Crippen molar-refractivity contribution in [1.82, 2.24) is 4.31 Å². The van der Waals surface area contributed by atoms with E-state index in [1.54, 1.807) is 13.1 Å². The van der Waals surface area contributed by atoms with Gasteiger partial charge in [0.2, 0.25) is 0 Å². The van der Waals surface area contributed by atoms with E-state index >= 15 is 0 Å². The second kappa shape index (κ2) is 5.59. The summed E-state index contributed by atoms with van der Waals surface area (Å²) in [5, 5.41) is 8.78. The van der Waals surface area contributed by atoms with Crippen LogP contribution in [-0.2, 0) is 10.0 Å². The van der Waals surface area contributed by atoms with Crippen molar-refractivity contribution in [2.45, 2.75) is 29.5 Å². The van der Waals surface area contributed by atoms with Crippen LogP contribution in [0.3, 0.4) is 0 Å². The fraction of sp³-hybridized carbons (Fsp3) is 0.583. The van der Waals surface area contributed by atoms with Gasteiger partial charge in [-0.1, -0.05) is 6.42 Å². The van der Waals surface area contributed by atoms with Crippen LogP contribution in [0, 0.1) is 17.2 Å². The smallest absolute Gasteiger partial charge is 0.252 e. The van der Waals surface area contributed by atoms with E-state index in [2.05, 4.69) is 0 Å². The number of hydrogen-bond donors (Lipinski definition) is 1. The van der Waals surface area contributed by atoms with Crippen molar-refractivity contribution in [3.63, 3.8) is 0 Å². The molecule has 2 rings (SSSR count). The van der Waals surface area contributed by atoms with Gasteiger partial charge >= 0.3 is 0 Å². The van der Waals surface area contributed by atoms with Crippen LogP contribution in [0.15, 0.2) is 16.3 Å². The Hall–Kier alpha value is -0.940. The molecule has 0 aromatic carbocycles. The van der Waals surface area contributed by atoms with E-state index in [4.69, 9.17) is 11.0 Å². The second-order valence-electron chi connectivity index (χ2n) is 4.75. The third-order valence-corrected chi connectivity index (χ3v) is 7.05. The van der Waals surface area contributed by atoms with Gasteiger partial charge in [-0.25, -0.2) is 8.42 Å². The normalized spacial score (nSPS) is 23.7. The van der Waals surface area contributed by atoms with Crippen LogP contribution in [0.5, 0.6) is 0 Å². The molecule has 104 valence electrons. The van der Waals surface area contributed by atoms with E-state index in [9.17, 15) is 8.42 Å². The van der Waals surface area contributed by atoms with Crippen LogP contribution in [-0.4, -0.2) is 32.4 Å². The zero-order chi connectivity index (χ0) is 14.0. The third kappa shape index (κ3) is 2.67. The summed E-state index contributed by atoms with van der Waals surface area (Å²) in [6, 6.07) is 4.98. The molecule has 1 aliphatic rings. The van der Waals surface area contributed by atoms with E-state index in [1.807, 2.05) is 6.07 Å². The number of thiophene rings is 1. The number of sulfonamides is 1. The van der Waals surface area contributed by atoms with E-state index in [0.29, 0.717) is 11.4 Å². The maximum Gasteiger partial charge on any atom is 0.252 e. The van der Waals surface area contributed by atoms with Crippen molar-refractivity contribution >= 4 is 21.4 Å². The molecule has 0 saturated heterocycles. The monoisotopic (exact) mass is 299 g/mol. The summed E-state index contributed by atoms with van der Waals surface area (Å²) in [6.45, 7) is 0.512. The molecular formula is C12H17N3O2S2. The highest BCUT2D eigenvalue weighted by atomic mass is 32.2. The van der Waals surface area contributed by atoms with Gasteiger partial charge in [0.05, 0.1) is 0 Å². The highest BCUT2D eigenvalue weighted by Gasteiger charge is 2.36. The number of nitriles is 1. The maximum absolute atomic E-state index is 12.5. The Kier molecular flexibility index (Phi) is 4.26. The molecule has 2 N–H and O–H groups in total. The molecule has 7 heteroatoms. The molecule has 1 saturated carbocycles. The summed E-state index contributed by atoms with van der Waals surface area (Å²) in [7, 11) is -1.90. The lowest BCUT2D eigenvalue weighted by molar-refractivity contribution is 0.305. The Balaban J connectivity index is 2.26. The average Bonchev–Trinajstić information content (AvgIpc) is 3.06. The molecule has 1 heterocycles. The average molecular weight is 299 g/mol. The lowest BCUT2D eigenvalue weighted by Gasteiger charge is -2.27. The lowest BCUT2D eigenvalue weighted by Crippen LogP contribution is -2.41. The van der Waals surface area contributed by atoms with Gasteiger partial charge in [0.15, 0.2) is 0 Å². The van der Waals surface area contributed by atoms with Crippen molar-refractivity contribution in [2.24, 2.45) is 11.7 Å². The molecule has 2 atom stereocenters. The Labute approximate surface area is 117 Å². The molecule has 1 aromatic heterocycles. The lowest BCUT2D eigenvalue weighted by atomic mass is 10.0. The Morgan fingerprint density at radius 2 is 2.26 bits per heavy atom. The molecule has 1 fully saturated rings. The fourth-order valence-corrected chi connectivity index (χ4v) is 5.35. The second-order valence-corrected chi connectivity index (χ2v) is 8.05. The highest BCUT2D eigenvalue weighted by Crippen LogP contribution is 2.33. The molecule has 2 unspecified atom stereocenters. The van der Waals surface area contributed by atoms with Gasteiger partial charge in [0, 0.05) is 13.1 Å². The summed E-state index contributed by atoms with van der Waals surface area (Å²) in [5.41, 5.74) is 5.71.